The van der Waals surface area contributed by atoms with Gasteiger partial charge in [-0.2, -0.15) is 0 Å². The Balaban J connectivity index is 1.70. The Kier molecular flexibility index (Phi) is 6.77. The van der Waals surface area contributed by atoms with Gasteiger partial charge in [0.1, 0.15) is 0 Å². The summed E-state index contributed by atoms with van der Waals surface area (Å²) in [5.41, 5.74) is 0. The molecule has 0 aromatic rings. The van der Waals surface area contributed by atoms with Crippen LogP contribution >= 0.6 is 0 Å². The van der Waals surface area contributed by atoms with Crippen LogP contribution in [0.2, 0.25) is 0 Å². The van der Waals surface area contributed by atoms with Gasteiger partial charge < -0.3 is 4.74 Å². The minimum atomic E-state index is 0.472. The molecule has 0 bridgehead atoms. The molecule has 0 aliphatic carbocycles. The van der Waals surface area contributed by atoms with Crippen LogP contribution in [0.4, 0.5) is 0 Å². The van der Waals surface area contributed by atoms with Crippen molar-refractivity contribution in [3.8, 4) is 0 Å². The van der Waals surface area contributed by atoms with Crippen LogP contribution in [0.5, 0.6) is 0 Å². The fourth-order valence-electron chi connectivity index (χ4n) is 1.63. The molecule has 0 radical (unpaired) electrons. The molecule has 1 unspecified atom stereocenters. The summed E-state index contributed by atoms with van der Waals surface area (Å²) in [4.78, 5) is 0. The SMILES string of the molecule is CCCCCCCCCC=CC1CO1. The van der Waals surface area contributed by atoms with Crippen molar-refractivity contribution in [3.63, 3.8) is 0 Å². The zero-order valence-electron chi connectivity index (χ0n) is 9.50. The first-order valence-corrected chi connectivity index (χ1v) is 6.21. The Morgan fingerprint density at radius 3 is 2.36 bits per heavy atom. The zero-order valence-corrected chi connectivity index (χ0v) is 9.50. The number of ether oxygens (including phenoxy) is 1. The minimum Gasteiger partial charge on any atom is -0.369 e. The second kappa shape index (κ2) is 8.05. The molecule has 1 rings (SSSR count). The van der Waals surface area contributed by atoms with E-state index in [9.17, 15) is 0 Å². The monoisotopic (exact) mass is 196 g/mol. The minimum absolute atomic E-state index is 0.472. The van der Waals surface area contributed by atoms with Gasteiger partial charge in [-0.3, -0.25) is 0 Å². The molecule has 0 aromatic carbocycles. The largest absolute Gasteiger partial charge is 0.369 e. The maximum Gasteiger partial charge on any atom is 0.0991 e. The summed E-state index contributed by atoms with van der Waals surface area (Å²) < 4.78 is 5.09. The number of rotatable bonds is 9. The van der Waals surface area contributed by atoms with E-state index >= 15 is 0 Å². The quantitative estimate of drug-likeness (QED) is 0.307. The lowest BCUT2D eigenvalue weighted by Crippen LogP contribution is -1.79. The average Bonchev–Trinajstić information content (AvgIpc) is 2.99. The molecule has 1 heterocycles. The van der Waals surface area contributed by atoms with Crippen LogP contribution < -0.4 is 0 Å². The normalized spacial score (nSPS) is 20.5. The molecular weight excluding hydrogens is 172 g/mol. The van der Waals surface area contributed by atoms with E-state index < -0.39 is 0 Å². The standard InChI is InChI=1S/C13H24O/c1-2-3-4-5-6-7-8-9-10-11-13-12-14-13/h10-11,13H,2-9,12H2,1H3. The van der Waals surface area contributed by atoms with E-state index in [1.54, 1.807) is 0 Å². The summed E-state index contributed by atoms with van der Waals surface area (Å²) in [6.45, 7) is 3.22. The zero-order chi connectivity index (χ0) is 10.1. The molecule has 0 spiro atoms. The molecule has 0 saturated carbocycles. The number of allylic oxidation sites excluding steroid dienone is 1. The van der Waals surface area contributed by atoms with Crippen LogP contribution in [0, 0.1) is 0 Å². The third kappa shape index (κ3) is 7.14. The molecule has 0 N–H and O–H groups in total. The van der Waals surface area contributed by atoms with Crippen LogP contribution in [0.25, 0.3) is 0 Å². The van der Waals surface area contributed by atoms with Crippen molar-refractivity contribution >= 4 is 0 Å². The Hall–Kier alpha value is -0.300. The second-order valence-corrected chi connectivity index (χ2v) is 4.21. The maximum atomic E-state index is 5.09. The van der Waals surface area contributed by atoms with Crippen molar-refractivity contribution in [2.75, 3.05) is 6.61 Å². The molecule has 1 aliphatic heterocycles. The maximum absolute atomic E-state index is 5.09. The summed E-state index contributed by atoms with van der Waals surface area (Å²) in [7, 11) is 0. The van der Waals surface area contributed by atoms with E-state index in [1.807, 2.05) is 0 Å². The van der Waals surface area contributed by atoms with Crippen molar-refractivity contribution in [1.29, 1.82) is 0 Å². The van der Waals surface area contributed by atoms with Crippen molar-refractivity contribution in [3.05, 3.63) is 12.2 Å². The highest BCUT2D eigenvalue weighted by atomic mass is 16.6. The number of hydrogen-bond donors (Lipinski definition) is 0. The number of hydrogen-bond acceptors (Lipinski definition) is 1. The van der Waals surface area contributed by atoms with Gasteiger partial charge in [-0.05, 0) is 12.8 Å². The molecule has 1 atom stereocenters. The molecule has 14 heavy (non-hydrogen) atoms. The van der Waals surface area contributed by atoms with Crippen LogP contribution in [0.15, 0.2) is 12.2 Å². The summed E-state index contributed by atoms with van der Waals surface area (Å²) in [6.07, 6.45) is 16.0. The Labute approximate surface area is 88.5 Å². The van der Waals surface area contributed by atoms with Gasteiger partial charge in [0.2, 0.25) is 0 Å². The van der Waals surface area contributed by atoms with Gasteiger partial charge in [0.05, 0.1) is 12.7 Å². The van der Waals surface area contributed by atoms with E-state index in [4.69, 9.17) is 4.74 Å². The third-order valence-electron chi connectivity index (χ3n) is 2.68. The molecule has 1 aliphatic rings. The highest BCUT2D eigenvalue weighted by molar-refractivity contribution is 4.95. The van der Waals surface area contributed by atoms with Crippen molar-refractivity contribution in [1.82, 2.24) is 0 Å². The molecule has 1 heteroatoms. The van der Waals surface area contributed by atoms with E-state index in [2.05, 4.69) is 19.1 Å². The molecular formula is C13H24O. The fraction of sp³-hybridized carbons (Fsp3) is 0.846. The van der Waals surface area contributed by atoms with Crippen molar-refractivity contribution in [2.45, 2.75) is 64.4 Å². The van der Waals surface area contributed by atoms with Gasteiger partial charge in [-0.15, -0.1) is 0 Å². The molecule has 1 nitrogen and oxygen atoms in total. The van der Waals surface area contributed by atoms with E-state index in [-0.39, 0.29) is 0 Å². The molecule has 1 fully saturated rings. The first kappa shape index (κ1) is 11.8. The fourth-order valence-corrected chi connectivity index (χ4v) is 1.63. The van der Waals surface area contributed by atoms with E-state index in [0.717, 1.165) is 6.61 Å². The lowest BCUT2D eigenvalue weighted by molar-refractivity contribution is 0.439. The highest BCUT2D eigenvalue weighted by Gasteiger charge is 2.17. The third-order valence-corrected chi connectivity index (χ3v) is 2.68. The van der Waals surface area contributed by atoms with E-state index in [1.165, 1.54) is 51.4 Å². The predicted molar refractivity (Wildman–Crippen MR) is 61.5 cm³/mol. The molecule has 0 aromatic heterocycles. The van der Waals surface area contributed by atoms with Gasteiger partial charge in [0, 0.05) is 0 Å². The summed E-state index contributed by atoms with van der Waals surface area (Å²) in [5.74, 6) is 0. The van der Waals surface area contributed by atoms with Crippen molar-refractivity contribution < 1.29 is 4.74 Å². The summed E-state index contributed by atoms with van der Waals surface area (Å²) in [6, 6.07) is 0. The Bertz CT molecular complexity index is 147. The van der Waals surface area contributed by atoms with E-state index in [0.29, 0.717) is 6.10 Å². The topological polar surface area (TPSA) is 12.5 Å². The Morgan fingerprint density at radius 2 is 1.71 bits per heavy atom. The lowest BCUT2D eigenvalue weighted by Gasteiger charge is -1.98. The molecule has 0 amide bonds. The van der Waals surface area contributed by atoms with Gasteiger partial charge in [-0.1, -0.05) is 57.6 Å². The highest BCUT2D eigenvalue weighted by Crippen LogP contribution is 2.12. The van der Waals surface area contributed by atoms with Crippen molar-refractivity contribution in [2.24, 2.45) is 0 Å². The van der Waals surface area contributed by atoms with Crippen LogP contribution in [0.3, 0.4) is 0 Å². The molecule has 1 saturated heterocycles. The summed E-state index contributed by atoms with van der Waals surface area (Å²) in [5, 5.41) is 0. The van der Waals surface area contributed by atoms with Gasteiger partial charge in [0.15, 0.2) is 0 Å². The lowest BCUT2D eigenvalue weighted by atomic mass is 10.1. The number of unbranched alkanes of at least 4 members (excludes halogenated alkanes) is 7. The predicted octanol–water partition coefficient (Wildman–Crippen LogP) is 4.08. The molecule has 82 valence electrons. The summed E-state index contributed by atoms with van der Waals surface area (Å²) >= 11 is 0. The number of epoxide rings is 1. The van der Waals surface area contributed by atoms with Crippen LogP contribution in [0.1, 0.15) is 58.3 Å². The van der Waals surface area contributed by atoms with Crippen LogP contribution in [-0.2, 0) is 4.74 Å². The smallest absolute Gasteiger partial charge is 0.0991 e. The Morgan fingerprint density at radius 1 is 1.07 bits per heavy atom. The average molecular weight is 196 g/mol. The van der Waals surface area contributed by atoms with Gasteiger partial charge in [0.25, 0.3) is 0 Å². The first-order valence-electron chi connectivity index (χ1n) is 6.21. The van der Waals surface area contributed by atoms with Gasteiger partial charge in [-0.25, -0.2) is 0 Å². The van der Waals surface area contributed by atoms with Crippen LogP contribution in [-0.4, -0.2) is 12.7 Å². The first-order chi connectivity index (χ1) is 6.93. The van der Waals surface area contributed by atoms with Gasteiger partial charge >= 0.3 is 0 Å². The second-order valence-electron chi connectivity index (χ2n) is 4.21.